The van der Waals surface area contributed by atoms with Crippen molar-refractivity contribution in [3.63, 3.8) is 0 Å². The van der Waals surface area contributed by atoms with Crippen LogP contribution in [0.3, 0.4) is 0 Å². The van der Waals surface area contributed by atoms with E-state index in [1.807, 2.05) is 11.6 Å². The van der Waals surface area contributed by atoms with E-state index in [0.29, 0.717) is 5.46 Å². The Bertz CT molecular complexity index is 288. The lowest BCUT2D eigenvalue weighted by Gasteiger charge is -2.09. The number of nitrogens with zero attached hydrogens (tertiary/aromatic N) is 2. The fourth-order valence-corrected chi connectivity index (χ4v) is 2.88. The zero-order valence-electron chi connectivity index (χ0n) is 8.15. The van der Waals surface area contributed by atoms with Crippen LogP contribution >= 0.6 is 0 Å². The highest BCUT2D eigenvalue weighted by atomic mass is 28.3. The Labute approximate surface area is 80.0 Å². The quantitative estimate of drug-likeness (QED) is 0.582. The highest BCUT2D eigenvalue weighted by molar-refractivity contribution is 6.77. The summed E-state index contributed by atoms with van der Waals surface area (Å²) in [6.07, 6.45) is 1.54. The average molecular weight is 197 g/mol. The van der Waals surface area contributed by atoms with E-state index >= 15 is 0 Å². The summed E-state index contributed by atoms with van der Waals surface area (Å²) in [6, 6.07) is 0. The lowest BCUT2D eigenvalue weighted by atomic mass is 9.83. The van der Waals surface area contributed by atoms with Gasteiger partial charge in [0.25, 0.3) is 0 Å². The third-order valence-electron chi connectivity index (χ3n) is 1.92. The number of aryl methyl sites for hydroxylation is 1. The molecule has 0 bridgehead atoms. The van der Waals surface area contributed by atoms with Crippen LogP contribution in [0.4, 0.5) is 0 Å². The molecule has 0 fully saturated rings. The van der Waals surface area contributed by atoms with Gasteiger partial charge in [-0.3, -0.25) is 4.68 Å². The summed E-state index contributed by atoms with van der Waals surface area (Å²) in [5.74, 6) is 0. The first kappa shape index (κ1) is 10.5. The van der Waals surface area contributed by atoms with Crippen LogP contribution in [0.1, 0.15) is 6.92 Å². The predicted octanol–water partition coefficient (Wildman–Crippen LogP) is -1.46. The van der Waals surface area contributed by atoms with Crippen LogP contribution in [-0.2, 0) is 6.54 Å². The van der Waals surface area contributed by atoms with Crippen molar-refractivity contribution in [3.8, 4) is 0 Å². The minimum atomic E-state index is -1.39. The molecule has 13 heavy (non-hydrogen) atoms. The zero-order chi connectivity index (χ0) is 10.0. The van der Waals surface area contributed by atoms with Crippen molar-refractivity contribution in [2.24, 2.45) is 0 Å². The molecular weight excluding hydrogens is 183 g/mol. The first-order valence-corrected chi connectivity index (χ1v) is 6.80. The molecule has 0 aliphatic heterocycles. The molecule has 4 nitrogen and oxygen atoms in total. The van der Waals surface area contributed by atoms with E-state index < -0.39 is 15.9 Å². The van der Waals surface area contributed by atoms with Gasteiger partial charge >= 0.3 is 7.12 Å². The molecule has 0 unspecified atom stereocenters. The molecule has 0 saturated carbocycles. The smallest absolute Gasteiger partial charge is 0.423 e. The average Bonchev–Trinajstić information content (AvgIpc) is 2.46. The highest BCUT2D eigenvalue weighted by Crippen LogP contribution is 1.87. The van der Waals surface area contributed by atoms with E-state index in [1.54, 1.807) is 6.20 Å². The molecule has 1 radical (unpaired) electrons. The van der Waals surface area contributed by atoms with Crippen LogP contribution in [-0.4, -0.2) is 35.7 Å². The van der Waals surface area contributed by atoms with Gasteiger partial charge in [-0.25, -0.2) is 0 Å². The Morgan fingerprint density at radius 2 is 2.15 bits per heavy atom. The second-order valence-corrected chi connectivity index (χ2v) is 5.61. The third-order valence-corrected chi connectivity index (χ3v) is 3.41. The van der Waals surface area contributed by atoms with Gasteiger partial charge in [-0.2, -0.15) is 5.10 Å². The Balaban J connectivity index is 3.14. The fourth-order valence-electron chi connectivity index (χ4n) is 1.38. The van der Waals surface area contributed by atoms with Crippen molar-refractivity contribution in [1.29, 1.82) is 0 Å². The summed E-state index contributed by atoms with van der Waals surface area (Å²) in [5.41, 5.74) is 0.556. The first-order chi connectivity index (χ1) is 6.07. The Morgan fingerprint density at radius 1 is 1.54 bits per heavy atom. The number of hydrogen-bond acceptors (Lipinski definition) is 3. The maximum atomic E-state index is 9.08. The van der Waals surface area contributed by atoms with E-state index in [-0.39, 0.29) is 0 Å². The first-order valence-electron chi connectivity index (χ1n) is 4.30. The van der Waals surface area contributed by atoms with Gasteiger partial charge in [0.2, 0.25) is 0 Å². The van der Waals surface area contributed by atoms with Crippen LogP contribution in [0, 0.1) is 0 Å². The Hall–Kier alpha value is -0.588. The van der Waals surface area contributed by atoms with Crippen molar-refractivity contribution < 1.29 is 10.0 Å². The minimum Gasteiger partial charge on any atom is -0.423 e. The molecule has 0 aliphatic rings. The van der Waals surface area contributed by atoms with Crippen molar-refractivity contribution in [2.75, 3.05) is 0 Å². The molecule has 1 heterocycles. The standard InChI is InChI=1S/C7H14BN2O2Si/c1-4-10-7(13(2)3)6(5-9-10)8(11)12/h5,11-12H,4H2,1-3H3. The normalized spacial score (nSPS) is 10.9. The van der Waals surface area contributed by atoms with E-state index in [9.17, 15) is 0 Å². The predicted molar refractivity (Wildman–Crippen MR) is 54.8 cm³/mol. The summed E-state index contributed by atoms with van der Waals surface area (Å²) in [7, 11) is -2.10. The maximum Gasteiger partial charge on any atom is 0.491 e. The Kier molecular flexibility index (Phi) is 3.29. The van der Waals surface area contributed by atoms with Crippen LogP contribution in [0.2, 0.25) is 13.1 Å². The molecule has 1 aromatic rings. The largest absolute Gasteiger partial charge is 0.491 e. The minimum absolute atomic E-state index is 0.556. The molecule has 1 aromatic heterocycles. The maximum absolute atomic E-state index is 9.08. The lowest BCUT2D eigenvalue weighted by Crippen LogP contribution is -2.48. The van der Waals surface area contributed by atoms with E-state index in [0.717, 1.165) is 11.9 Å². The van der Waals surface area contributed by atoms with Crippen LogP contribution in [0.25, 0.3) is 0 Å². The molecule has 0 saturated heterocycles. The summed E-state index contributed by atoms with van der Waals surface area (Å²) >= 11 is 0. The SMILES string of the molecule is CCn1ncc(B(O)O)c1[Si](C)C. The molecule has 0 amide bonds. The van der Waals surface area contributed by atoms with E-state index in [1.165, 1.54) is 0 Å². The second kappa shape index (κ2) is 4.08. The summed E-state index contributed by atoms with van der Waals surface area (Å²) in [5, 5.41) is 23.3. The summed E-state index contributed by atoms with van der Waals surface area (Å²) in [6.45, 7) is 6.99. The van der Waals surface area contributed by atoms with E-state index in [2.05, 4.69) is 18.2 Å². The van der Waals surface area contributed by atoms with Crippen molar-refractivity contribution in [2.45, 2.75) is 26.6 Å². The third kappa shape index (κ3) is 2.01. The van der Waals surface area contributed by atoms with Crippen LogP contribution in [0.15, 0.2) is 6.20 Å². The van der Waals surface area contributed by atoms with Gasteiger partial charge in [-0.1, -0.05) is 13.1 Å². The van der Waals surface area contributed by atoms with Gasteiger partial charge in [-0.05, 0) is 6.92 Å². The van der Waals surface area contributed by atoms with Gasteiger partial charge in [0.15, 0.2) is 0 Å². The highest BCUT2D eigenvalue weighted by Gasteiger charge is 2.22. The lowest BCUT2D eigenvalue weighted by molar-refractivity contribution is 0.426. The number of hydrogen-bond donors (Lipinski definition) is 2. The van der Waals surface area contributed by atoms with Crippen LogP contribution < -0.4 is 10.8 Å². The molecular formula is C7H14BN2O2Si. The van der Waals surface area contributed by atoms with Crippen molar-refractivity contribution in [3.05, 3.63) is 6.20 Å². The molecule has 6 heteroatoms. The monoisotopic (exact) mass is 197 g/mol. The molecule has 1 rings (SSSR count). The molecule has 71 valence electrons. The van der Waals surface area contributed by atoms with Crippen molar-refractivity contribution >= 4 is 26.7 Å². The molecule has 0 aromatic carbocycles. The van der Waals surface area contributed by atoms with Gasteiger partial charge in [0, 0.05) is 23.5 Å². The topological polar surface area (TPSA) is 58.3 Å². The summed E-state index contributed by atoms with van der Waals surface area (Å²) < 4.78 is 1.84. The van der Waals surface area contributed by atoms with Gasteiger partial charge in [0.1, 0.15) is 8.80 Å². The molecule has 0 spiro atoms. The fraction of sp³-hybridized carbons (Fsp3) is 0.571. The van der Waals surface area contributed by atoms with Gasteiger partial charge in [0.05, 0.1) is 0 Å². The van der Waals surface area contributed by atoms with Crippen molar-refractivity contribution in [1.82, 2.24) is 9.78 Å². The van der Waals surface area contributed by atoms with Gasteiger partial charge in [-0.15, -0.1) is 0 Å². The molecule has 0 aliphatic carbocycles. The zero-order valence-corrected chi connectivity index (χ0v) is 9.15. The molecule has 0 atom stereocenters. The van der Waals surface area contributed by atoms with E-state index in [4.69, 9.17) is 10.0 Å². The number of rotatable bonds is 3. The molecule has 2 N–H and O–H groups in total. The Morgan fingerprint density at radius 3 is 2.54 bits per heavy atom. The van der Waals surface area contributed by atoms with Gasteiger partial charge < -0.3 is 10.0 Å². The van der Waals surface area contributed by atoms with Crippen LogP contribution in [0.5, 0.6) is 0 Å². The summed E-state index contributed by atoms with van der Waals surface area (Å²) in [4.78, 5) is 0. The second-order valence-electron chi connectivity index (χ2n) is 3.14. The number of aromatic nitrogens is 2.